The van der Waals surface area contributed by atoms with Crippen molar-refractivity contribution in [1.29, 1.82) is 0 Å². The van der Waals surface area contributed by atoms with Crippen LogP contribution in [0, 0.1) is 12.8 Å². The van der Waals surface area contributed by atoms with Gasteiger partial charge in [0.2, 0.25) is 5.91 Å². The van der Waals surface area contributed by atoms with Crippen LogP contribution in [0.1, 0.15) is 35.3 Å². The Labute approximate surface area is 172 Å². The van der Waals surface area contributed by atoms with E-state index in [1.807, 2.05) is 63.2 Å². The quantitative estimate of drug-likeness (QED) is 0.603. The summed E-state index contributed by atoms with van der Waals surface area (Å²) >= 11 is 0. The number of carbonyl (C=O) groups excluding carboxylic acids is 2. The molecule has 29 heavy (non-hydrogen) atoms. The largest absolute Gasteiger partial charge is 0.491 e. The molecule has 0 aromatic heterocycles. The van der Waals surface area contributed by atoms with Crippen LogP contribution in [-0.2, 0) is 16.1 Å². The third-order valence-electron chi connectivity index (χ3n) is 4.57. The van der Waals surface area contributed by atoms with Crippen molar-refractivity contribution in [3.63, 3.8) is 0 Å². The molecular formula is C23H30N2O4. The van der Waals surface area contributed by atoms with Crippen LogP contribution in [-0.4, -0.2) is 38.2 Å². The highest BCUT2D eigenvalue weighted by molar-refractivity contribution is 5.98. The fourth-order valence-corrected chi connectivity index (χ4v) is 2.83. The zero-order chi connectivity index (χ0) is 21.2. The van der Waals surface area contributed by atoms with Crippen LogP contribution in [0.2, 0.25) is 0 Å². The normalized spacial score (nSPS) is 11.8. The third kappa shape index (κ3) is 6.91. The Balaban J connectivity index is 1.92. The predicted molar refractivity (Wildman–Crippen MR) is 113 cm³/mol. The molecule has 0 aliphatic heterocycles. The number of hydrogen-bond donors (Lipinski definition) is 2. The summed E-state index contributed by atoms with van der Waals surface area (Å²) in [5.41, 5.74) is 2.40. The van der Waals surface area contributed by atoms with Crippen LogP contribution in [0.4, 0.5) is 0 Å². The number of ether oxygens (including phenoxy) is 2. The molecule has 0 fully saturated rings. The Morgan fingerprint density at radius 3 is 2.31 bits per heavy atom. The highest BCUT2D eigenvalue weighted by atomic mass is 16.5. The summed E-state index contributed by atoms with van der Waals surface area (Å²) in [7, 11) is 1.63. The summed E-state index contributed by atoms with van der Waals surface area (Å²) in [6, 6.07) is 14.2. The van der Waals surface area contributed by atoms with Gasteiger partial charge in [0.25, 0.3) is 5.91 Å². The van der Waals surface area contributed by atoms with Crippen LogP contribution in [0.3, 0.4) is 0 Å². The molecule has 0 saturated carbocycles. The lowest BCUT2D eigenvalue weighted by Crippen LogP contribution is -2.49. The van der Waals surface area contributed by atoms with E-state index >= 15 is 0 Å². The number of carbonyl (C=O) groups is 2. The number of hydrogen-bond acceptors (Lipinski definition) is 4. The molecule has 0 saturated heterocycles. The van der Waals surface area contributed by atoms with Gasteiger partial charge in [0, 0.05) is 19.2 Å². The fourth-order valence-electron chi connectivity index (χ4n) is 2.83. The Kier molecular flexibility index (Phi) is 8.68. The number of rotatable bonds is 10. The van der Waals surface area contributed by atoms with Gasteiger partial charge in [-0.2, -0.15) is 0 Å². The highest BCUT2D eigenvalue weighted by Gasteiger charge is 2.24. The highest BCUT2D eigenvalue weighted by Crippen LogP contribution is 2.13. The van der Waals surface area contributed by atoms with Gasteiger partial charge in [-0.1, -0.05) is 44.2 Å². The van der Waals surface area contributed by atoms with Crippen molar-refractivity contribution in [1.82, 2.24) is 10.6 Å². The second kappa shape index (κ2) is 11.2. The van der Waals surface area contributed by atoms with Gasteiger partial charge in [-0.15, -0.1) is 0 Å². The molecule has 6 heteroatoms. The molecule has 0 radical (unpaired) electrons. The van der Waals surface area contributed by atoms with Crippen molar-refractivity contribution in [3.05, 3.63) is 65.2 Å². The molecule has 0 heterocycles. The van der Waals surface area contributed by atoms with Crippen LogP contribution in [0.15, 0.2) is 48.5 Å². The molecule has 1 unspecified atom stereocenters. The third-order valence-corrected chi connectivity index (χ3v) is 4.57. The average molecular weight is 399 g/mol. The molecule has 6 nitrogen and oxygen atoms in total. The number of amides is 2. The molecule has 2 aromatic rings. The van der Waals surface area contributed by atoms with Gasteiger partial charge in [0.05, 0.1) is 6.61 Å². The SMILES string of the molecule is COCCOc1ccc(CNC(=O)C(NC(=O)c2ccccc2C)C(C)C)cc1. The Morgan fingerprint density at radius 2 is 1.69 bits per heavy atom. The van der Waals surface area contributed by atoms with Gasteiger partial charge in [0.1, 0.15) is 18.4 Å². The monoisotopic (exact) mass is 398 g/mol. The lowest BCUT2D eigenvalue weighted by molar-refractivity contribution is -0.124. The minimum absolute atomic E-state index is 0.0421. The summed E-state index contributed by atoms with van der Waals surface area (Å²) in [4.78, 5) is 25.3. The summed E-state index contributed by atoms with van der Waals surface area (Å²) < 4.78 is 10.5. The first-order valence-electron chi connectivity index (χ1n) is 9.77. The minimum atomic E-state index is -0.612. The fraction of sp³-hybridized carbons (Fsp3) is 0.391. The predicted octanol–water partition coefficient (Wildman–Crippen LogP) is 3.09. The van der Waals surface area contributed by atoms with Crippen LogP contribution >= 0.6 is 0 Å². The summed E-state index contributed by atoms with van der Waals surface area (Å²) in [6.07, 6.45) is 0. The van der Waals surface area contributed by atoms with E-state index in [1.165, 1.54) is 0 Å². The number of nitrogens with one attached hydrogen (secondary N) is 2. The van der Waals surface area contributed by atoms with E-state index in [2.05, 4.69) is 10.6 Å². The first-order chi connectivity index (χ1) is 13.9. The van der Waals surface area contributed by atoms with Gasteiger partial charge in [-0.05, 0) is 42.2 Å². The molecular weight excluding hydrogens is 368 g/mol. The van der Waals surface area contributed by atoms with Crippen molar-refractivity contribution in [3.8, 4) is 5.75 Å². The summed E-state index contributed by atoms with van der Waals surface area (Å²) in [6.45, 7) is 7.09. The zero-order valence-corrected chi connectivity index (χ0v) is 17.5. The second-order valence-corrected chi connectivity index (χ2v) is 7.21. The topological polar surface area (TPSA) is 76.7 Å². The van der Waals surface area contributed by atoms with E-state index in [0.29, 0.717) is 25.3 Å². The first kappa shape index (κ1) is 22.4. The average Bonchev–Trinajstić information content (AvgIpc) is 2.71. The van der Waals surface area contributed by atoms with Gasteiger partial charge in [-0.3, -0.25) is 9.59 Å². The van der Waals surface area contributed by atoms with E-state index < -0.39 is 6.04 Å². The number of benzene rings is 2. The van der Waals surface area contributed by atoms with E-state index in [1.54, 1.807) is 13.2 Å². The molecule has 156 valence electrons. The molecule has 2 amide bonds. The van der Waals surface area contributed by atoms with Crippen LogP contribution in [0.25, 0.3) is 0 Å². The standard InChI is InChI=1S/C23H30N2O4/c1-16(2)21(25-22(26)20-8-6-5-7-17(20)3)23(27)24-15-18-9-11-19(12-10-18)29-14-13-28-4/h5-12,16,21H,13-15H2,1-4H3,(H,24,27)(H,25,26). The number of aryl methyl sites for hydroxylation is 1. The van der Waals surface area contributed by atoms with Gasteiger partial charge in [-0.25, -0.2) is 0 Å². The van der Waals surface area contributed by atoms with Crippen LogP contribution in [0.5, 0.6) is 5.75 Å². The van der Waals surface area contributed by atoms with Gasteiger partial charge in [0.15, 0.2) is 0 Å². The smallest absolute Gasteiger partial charge is 0.252 e. The van der Waals surface area contributed by atoms with Gasteiger partial charge < -0.3 is 20.1 Å². The second-order valence-electron chi connectivity index (χ2n) is 7.21. The van der Waals surface area contributed by atoms with E-state index in [0.717, 1.165) is 16.9 Å². The maximum Gasteiger partial charge on any atom is 0.252 e. The van der Waals surface area contributed by atoms with Crippen molar-refractivity contribution < 1.29 is 19.1 Å². The molecule has 0 aliphatic rings. The molecule has 0 spiro atoms. The lowest BCUT2D eigenvalue weighted by Gasteiger charge is -2.22. The Bertz CT molecular complexity index is 803. The van der Waals surface area contributed by atoms with Crippen molar-refractivity contribution in [2.75, 3.05) is 20.3 Å². The van der Waals surface area contributed by atoms with Crippen molar-refractivity contribution >= 4 is 11.8 Å². The van der Waals surface area contributed by atoms with Crippen LogP contribution < -0.4 is 15.4 Å². The van der Waals surface area contributed by atoms with E-state index in [-0.39, 0.29) is 17.7 Å². The Morgan fingerprint density at radius 1 is 1.00 bits per heavy atom. The molecule has 0 bridgehead atoms. The van der Waals surface area contributed by atoms with Crippen molar-refractivity contribution in [2.24, 2.45) is 5.92 Å². The first-order valence-corrected chi connectivity index (χ1v) is 9.77. The number of methoxy groups -OCH3 is 1. The minimum Gasteiger partial charge on any atom is -0.491 e. The molecule has 0 aliphatic carbocycles. The summed E-state index contributed by atoms with van der Waals surface area (Å²) in [5, 5.41) is 5.77. The van der Waals surface area contributed by atoms with Crippen molar-refractivity contribution in [2.45, 2.75) is 33.4 Å². The molecule has 2 aromatic carbocycles. The molecule has 2 rings (SSSR count). The maximum absolute atomic E-state index is 12.7. The lowest BCUT2D eigenvalue weighted by atomic mass is 10.0. The zero-order valence-electron chi connectivity index (χ0n) is 17.5. The molecule has 1 atom stereocenters. The molecule has 2 N–H and O–H groups in total. The Hall–Kier alpha value is -2.86. The van der Waals surface area contributed by atoms with Gasteiger partial charge >= 0.3 is 0 Å². The van der Waals surface area contributed by atoms with E-state index in [4.69, 9.17) is 9.47 Å². The summed E-state index contributed by atoms with van der Waals surface area (Å²) in [5.74, 6) is 0.263. The maximum atomic E-state index is 12.7. The van der Waals surface area contributed by atoms with E-state index in [9.17, 15) is 9.59 Å².